The lowest BCUT2D eigenvalue weighted by Crippen LogP contribution is -2.17. The Morgan fingerprint density at radius 1 is 1.44 bits per heavy atom. The first-order chi connectivity index (χ1) is 7.51. The van der Waals surface area contributed by atoms with E-state index in [1.165, 1.54) is 11.3 Å². The number of methoxy groups -OCH3 is 1. The molecule has 0 aliphatic carbocycles. The number of hydrogen-bond acceptors (Lipinski definition) is 4. The van der Waals surface area contributed by atoms with Crippen LogP contribution in [0.25, 0.3) is 0 Å². The summed E-state index contributed by atoms with van der Waals surface area (Å²) < 4.78 is 44.6. The second kappa shape index (κ2) is 6.17. The summed E-state index contributed by atoms with van der Waals surface area (Å²) in [7, 11) is 1.56. The average Bonchev–Trinajstić information content (AvgIpc) is 2.60. The van der Waals surface area contributed by atoms with E-state index in [-0.39, 0.29) is 6.61 Å². The maximum Gasteiger partial charge on any atom is 0.411 e. The molecule has 1 heterocycles. The molecule has 7 heteroatoms. The SMILES string of the molecule is COCc1csc(CCOCC(F)(F)F)n1. The third-order valence-corrected chi connectivity index (χ3v) is 2.57. The van der Waals surface area contributed by atoms with Crippen molar-refractivity contribution >= 4 is 11.3 Å². The maximum absolute atomic E-state index is 11.7. The van der Waals surface area contributed by atoms with Crippen molar-refractivity contribution in [2.24, 2.45) is 0 Å². The van der Waals surface area contributed by atoms with Crippen LogP contribution in [0.5, 0.6) is 0 Å². The van der Waals surface area contributed by atoms with Gasteiger partial charge < -0.3 is 9.47 Å². The van der Waals surface area contributed by atoms with E-state index in [4.69, 9.17) is 4.74 Å². The Morgan fingerprint density at radius 3 is 2.81 bits per heavy atom. The number of aromatic nitrogens is 1. The van der Waals surface area contributed by atoms with E-state index in [9.17, 15) is 13.2 Å². The zero-order valence-corrected chi connectivity index (χ0v) is 9.53. The summed E-state index contributed by atoms with van der Waals surface area (Å²) in [5.41, 5.74) is 0.790. The highest BCUT2D eigenvalue weighted by atomic mass is 32.1. The molecule has 0 atom stereocenters. The largest absolute Gasteiger partial charge is 0.411 e. The summed E-state index contributed by atoms with van der Waals surface area (Å²) in [5, 5.41) is 2.58. The van der Waals surface area contributed by atoms with E-state index >= 15 is 0 Å². The monoisotopic (exact) mass is 255 g/mol. The van der Waals surface area contributed by atoms with E-state index < -0.39 is 12.8 Å². The number of hydrogen-bond donors (Lipinski definition) is 0. The predicted octanol–water partition coefficient (Wildman–Crippen LogP) is 2.41. The van der Waals surface area contributed by atoms with E-state index in [1.54, 1.807) is 7.11 Å². The first kappa shape index (κ1) is 13.4. The van der Waals surface area contributed by atoms with E-state index in [2.05, 4.69) is 9.72 Å². The van der Waals surface area contributed by atoms with Gasteiger partial charge >= 0.3 is 6.18 Å². The van der Waals surface area contributed by atoms with Crippen molar-refractivity contribution in [3.8, 4) is 0 Å². The molecule has 0 spiro atoms. The number of nitrogens with zero attached hydrogens (tertiary/aromatic N) is 1. The number of alkyl halides is 3. The lowest BCUT2D eigenvalue weighted by molar-refractivity contribution is -0.173. The number of ether oxygens (including phenoxy) is 2. The second-order valence-electron chi connectivity index (χ2n) is 3.08. The topological polar surface area (TPSA) is 31.4 Å². The molecule has 16 heavy (non-hydrogen) atoms. The fraction of sp³-hybridized carbons (Fsp3) is 0.667. The Kier molecular flexibility index (Phi) is 5.17. The van der Waals surface area contributed by atoms with Crippen LogP contribution >= 0.6 is 11.3 Å². The summed E-state index contributed by atoms with van der Waals surface area (Å²) in [6.07, 6.45) is -3.87. The number of rotatable bonds is 6. The first-order valence-electron chi connectivity index (χ1n) is 4.58. The lowest BCUT2D eigenvalue weighted by Gasteiger charge is -2.06. The standard InChI is InChI=1S/C9H12F3NO2S/c1-14-4-7-5-16-8(13-7)2-3-15-6-9(10,11)12/h5H,2-4,6H2,1H3. The van der Waals surface area contributed by atoms with Crippen LogP contribution < -0.4 is 0 Å². The van der Waals surface area contributed by atoms with Crippen molar-refractivity contribution in [1.29, 1.82) is 0 Å². The Hall–Kier alpha value is -0.660. The third-order valence-electron chi connectivity index (χ3n) is 1.62. The van der Waals surface area contributed by atoms with Gasteiger partial charge in [0.2, 0.25) is 0 Å². The fourth-order valence-electron chi connectivity index (χ4n) is 1.03. The molecule has 0 N–H and O–H groups in total. The smallest absolute Gasteiger partial charge is 0.378 e. The summed E-state index contributed by atoms with van der Waals surface area (Å²) in [4.78, 5) is 4.17. The predicted molar refractivity (Wildman–Crippen MR) is 53.4 cm³/mol. The van der Waals surface area contributed by atoms with Crippen LogP contribution in [0.15, 0.2) is 5.38 Å². The highest BCUT2D eigenvalue weighted by Gasteiger charge is 2.27. The van der Waals surface area contributed by atoms with Gasteiger partial charge in [-0.2, -0.15) is 13.2 Å². The van der Waals surface area contributed by atoms with Crippen molar-refractivity contribution in [2.45, 2.75) is 19.2 Å². The summed E-state index contributed by atoms with van der Waals surface area (Å²) in [6.45, 7) is -0.761. The van der Waals surface area contributed by atoms with Crippen molar-refractivity contribution in [2.75, 3.05) is 20.3 Å². The lowest BCUT2D eigenvalue weighted by atomic mass is 10.4. The molecule has 0 aromatic carbocycles. The minimum atomic E-state index is -4.26. The van der Waals surface area contributed by atoms with E-state index in [0.717, 1.165) is 10.7 Å². The zero-order valence-electron chi connectivity index (χ0n) is 8.71. The second-order valence-corrected chi connectivity index (χ2v) is 4.03. The van der Waals surface area contributed by atoms with Crippen LogP contribution in [-0.2, 0) is 22.5 Å². The molecule has 0 unspecified atom stereocenters. The molecule has 0 fully saturated rings. The van der Waals surface area contributed by atoms with Gasteiger partial charge in [-0.1, -0.05) is 0 Å². The van der Waals surface area contributed by atoms with Crippen molar-refractivity contribution < 1.29 is 22.6 Å². The molecule has 0 radical (unpaired) electrons. The van der Waals surface area contributed by atoms with Crippen LogP contribution in [0, 0.1) is 0 Å². The van der Waals surface area contributed by atoms with Gasteiger partial charge in [-0.15, -0.1) is 11.3 Å². The van der Waals surface area contributed by atoms with Crippen LogP contribution in [0.4, 0.5) is 13.2 Å². The van der Waals surface area contributed by atoms with E-state index in [1.807, 2.05) is 5.38 Å². The highest BCUT2D eigenvalue weighted by molar-refractivity contribution is 7.09. The summed E-state index contributed by atoms with van der Waals surface area (Å²) >= 11 is 1.40. The van der Waals surface area contributed by atoms with Gasteiger partial charge in [-0.3, -0.25) is 0 Å². The Balaban J connectivity index is 2.21. The zero-order chi connectivity index (χ0) is 12.0. The van der Waals surface area contributed by atoms with Gasteiger partial charge in [-0.25, -0.2) is 4.98 Å². The van der Waals surface area contributed by atoms with Crippen molar-refractivity contribution in [3.63, 3.8) is 0 Å². The van der Waals surface area contributed by atoms with E-state index in [0.29, 0.717) is 13.0 Å². The Labute approximate surface area is 95.2 Å². The molecule has 0 bridgehead atoms. The van der Waals surface area contributed by atoms with Crippen LogP contribution in [-0.4, -0.2) is 31.5 Å². The van der Waals surface area contributed by atoms with Crippen LogP contribution in [0.1, 0.15) is 10.7 Å². The van der Waals surface area contributed by atoms with Gasteiger partial charge in [0.25, 0.3) is 0 Å². The Morgan fingerprint density at radius 2 is 2.19 bits per heavy atom. The fourth-order valence-corrected chi connectivity index (χ4v) is 1.79. The van der Waals surface area contributed by atoms with Gasteiger partial charge in [0, 0.05) is 18.9 Å². The molecule has 0 saturated heterocycles. The van der Waals surface area contributed by atoms with Gasteiger partial charge in [-0.05, 0) is 0 Å². The number of thiazole rings is 1. The summed E-state index contributed by atoms with van der Waals surface area (Å²) in [5.74, 6) is 0. The molecule has 0 amide bonds. The maximum atomic E-state index is 11.7. The molecule has 1 aromatic heterocycles. The van der Waals surface area contributed by atoms with Crippen LogP contribution in [0.3, 0.4) is 0 Å². The van der Waals surface area contributed by atoms with Crippen molar-refractivity contribution in [1.82, 2.24) is 4.98 Å². The van der Waals surface area contributed by atoms with Crippen molar-refractivity contribution in [3.05, 3.63) is 16.1 Å². The van der Waals surface area contributed by atoms with Crippen LogP contribution in [0.2, 0.25) is 0 Å². The first-order valence-corrected chi connectivity index (χ1v) is 5.46. The molecular weight excluding hydrogens is 243 g/mol. The third kappa shape index (κ3) is 5.43. The van der Waals surface area contributed by atoms with Gasteiger partial charge in [0.15, 0.2) is 0 Å². The minimum absolute atomic E-state index is 0.0272. The molecule has 1 aromatic rings. The normalized spacial score (nSPS) is 12.0. The molecule has 0 saturated carbocycles. The number of halogens is 3. The average molecular weight is 255 g/mol. The van der Waals surface area contributed by atoms with Gasteiger partial charge in [0.05, 0.1) is 23.9 Å². The molecule has 92 valence electrons. The Bertz CT molecular complexity index is 314. The molecule has 0 aliphatic heterocycles. The van der Waals surface area contributed by atoms with Gasteiger partial charge in [0.1, 0.15) is 6.61 Å². The molecule has 0 aliphatic rings. The minimum Gasteiger partial charge on any atom is -0.378 e. The molecular formula is C9H12F3NO2S. The molecule has 3 nitrogen and oxygen atoms in total. The summed E-state index contributed by atoms with van der Waals surface area (Å²) in [6, 6.07) is 0. The highest BCUT2D eigenvalue weighted by Crippen LogP contribution is 2.15. The quantitative estimate of drug-likeness (QED) is 0.731. The molecule has 1 rings (SSSR count).